The molecular formula is C17H27NO2. The number of rotatable bonds is 8. The van der Waals surface area contributed by atoms with Gasteiger partial charge in [-0.1, -0.05) is 18.2 Å². The number of nitrogens with one attached hydrogen (secondary N) is 1. The van der Waals surface area contributed by atoms with Crippen molar-refractivity contribution in [3.8, 4) is 5.75 Å². The Morgan fingerprint density at radius 3 is 2.75 bits per heavy atom. The van der Waals surface area contributed by atoms with Crippen LogP contribution in [0.15, 0.2) is 18.2 Å². The lowest BCUT2D eigenvalue weighted by molar-refractivity contribution is 0.110. The minimum atomic E-state index is 0.445. The first-order valence-electron chi connectivity index (χ1n) is 7.78. The molecule has 3 nitrogen and oxygen atoms in total. The summed E-state index contributed by atoms with van der Waals surface area (Å²) >= 11 is 0. The van der Waals surface area contributed by atoms with Crippen LogP contribution in [0.25, 0.3) is 0 Å². The maximum atomic E-state index is 5.90. The number of para-hydroxylation sites is 1. The molecule has 0 saturated carbocycles. The molecule has 0 spiro atoms. The van der Waals surface area contributed by atoms with Crippen molar-refractivity contribution in [2.24, 2.45) is 0 Å². The van der Waals surface area contributed by atoms with Crippen molar-refractivity contribution in [3.05, 3.63) is 29.3 Å². The molecule has 2 rings (SSSR count). The van der Waals surface area contributed by atoms with E-state index in [1.54, 1.807) is 0 Å². The van der Waals surface area contributed by atoms with Crippen LogP contribution in [0.2, 0.25) is 0 Å². The number of hydrogen-bond donors (Lipinski definition) is 1. The second kappa shape index (κ2) is 8.28. The van der Waals surface area contributed by atoms with Crippen LogP contribution in [-0.4, -0.2) is 32.4 Å². The largest absolute Gasteiger partial charge is 0.493 e. The first-order chi connectivity index (χ1) is 9.77. The number of benzene rings is 1. The first-order valence-corrected chi connectivity index (χ1v) is 7.78. The average Bonchev–Trinajstić information content (AvgIpc) is 2.93. The summed E-state index contributed by atoms with van der Waals surface area (Å²) in [6.45, 7) is 7.99. The van der Waals surface area contributed by atoms with Crippen LogP contribution in [0, 0.1) is 13.8 Å². The summed E-state index contributed by atoms with van der Waals surface area (Å²) < 4.78 is 11.5. The van der Waals surface area contributed by atoms with Crippen molar-refractivity contribution in [1.29, 1.82) is 0 Å². The molecule has 112 valence electrons. The molecule has 1 N–H and O–H groups in total. The normalized spacial score (nSPS) is 18.4. The standard InChI is InChI=1S/C17H27NO2/c1-14-7-5-8-15(2)17(14)20-11-4-3-10-18-13-16-9-6-12-19-16/h5,7-8,16,18H,3-4,6,9-13H2,1-2H3. The van der Waals surface area contributed by atoms with Gasteiger partial charge in [0.15, 0.2) is 0 Å². The van der Waals surface area contributed by atoms with E-state index in [9.17, 15) is 0 Å². The average molecular weight is 277 g/mol. The van der Waals surface area contributed by atoms with Crippen LogP contribution in [0.1, 0.15) is 36.8 Å². The fourth-order valence-corrected chi connectivity index (χ4v) is 2.62. The molecule has 0 aliphatic carbocycles. The van der Waals surface area contributed by atoms with E-state index in [1.165, 1.54) is 24.0 Å². The van der Waals surface area contributed by atoms with Crippen molar-refractivity contribution < 1.29 is 9.47 Å². The Morgan fingerprint density at radius 2 is 2.05 bits per heavy atom. The van der Waals surface area contributed by atoms with E-state index in [-0.39, 0.29) is 0 Å². The molecule has 0 aromatic heterocycles. The van der Waals surface area contributed by atoms with Gasteiger partial charge in [0.05, 0.1) is 12.7 Å². The molecule has 1 aromatic carbocycles. The van der Waals surface area contributed by atoms with Gasteiger partial charge in [-0.25, -0.2) is 0 Å². The van der Waals surface area contributed by atoms with E-state index in [1.807, 2.05) is 0 Å². The van der Waals surface area contributed by atoms with Crippen molar-refractivity contribution >= 4 is 0 Å². The Kier molecular flexibility index (Phi) is 6.34. The predicted octanol–water partition coefficient (Wildman–Crippen LogP) is 3.23. The fourth-order valence-electron chi connectivity index (χ4n) is 2.62. The van der Waals surface area contributed by atoms with E-state index in [0.29, 0.717) is 6.10 Å². The van der Waals surface area contributed by atoms with Crippen LogP contribution in [0.4, 0.5) is 0 Å². The van der Waals surface area contributed by atoms with Crippen LogP contribution in [-0.2, 0) is 4.74 Å². The van der Waals surface area contributed by atoms with Crippen LogP contribution < -0.4 is 10.1 Å². The van der Waals surface area contributed by atoms with E-state index >= 15 is 0 Å². The third kappa shape index (κ3) is 4.80. The lowest BCUT2D eigenvalue weighted by Crippen LogP contribution is -2.27. The Bertz CT molecular complexity index is 380. The van der Waals surface area contributed by atoms with Crippen molar-refractivity contribution in [2.45, 2.75) is 45.6 Å². The zero-order chi connectivity index (χ0) is 14.2. The second-order valence-corrected chi connectivity index (χ2v) is 5.62. The van der Waals surface area contributed by atoms with Gasteiger partial charge in [0.1, 0.15) is 5.75 Å². The summed E-state index contributed by atoms with van der Waals surface area (Å²) in [4.78, 5) is 0. The Labute approximate surface area is 122 Å². The van der Waals surface area contributed by atoms with Gasteiger partial charge in [-0.3, -0.25) is 0 Å². The molecule has 0 bridgehead atoms. The van der Waals surface area contributed by atoms with Gasteiger partial charge >= 0.3 is 0 Å². The molecule has 20 heavy (non-hydrogen) atoms. The SMILES string of the molecule is Cc1cccc(C)c1OCCCCNCC1CCCO1. The molecule has 1 aromatic rings. The second-order valence-electron chi connectivity index (χ2n) is 5.62. The number of ether oxygens (including phenoxy) is 2. The molecule has 0 radical (unpaired) electrons. The maximum Gasteiger partial charge on any atom is 0.125 e. The van der Waals surface area contributed by atoms with E-state index in [4.69, 9.17) is 9.47 Å². The molecule has 1 aliphatic heterocycles. The molecular weight excluding hydrogens is 250 g/mol. The molecule has 1 heterocycles. The Balaban J connectivity index is 1.53. The van der Waals surface area contributed by atoms with Crippen LogP contribution >= 0.6 is 0 Å². The fraction of sp³-hybridized carbons (Fsp3) is 0.647. The topological polar surface area (TPSA) is 30.5 Å². The quantitative estimate of drug-likeness (QED) is 0.740. The molecule has 3 heteroatoms. The molecule has 1 saturated heterocycles. The van der Waals surface area contributed by atoms with Gasteiger partial charge in [0.25, 0.3) is 0 Å². The minimum Gasteiger partial charge on any atom is -0.493 e. The highest BCUT2D eigenvalue weighted by Crippen LogP contribution is 2.22. The summed E-state index contributed by atoms with van der Waals surface area (Å²) in [6.07, 6.45) is 5.11. The van der Waals surface area contributed by atoms with Crippen LogP contribution in [0.5, 0.6) is 5.75 Å². The van der Waals surface area contributed by atoms with E-state index in [0.717, 1.165) is 44.9 Å². The monoisotopic (exact) mass is 277 g/mol. The smallest absolute Gasteiger partial charge is 0.125 e. The van der Waals surface area contributed by atoms with Gasteiger partial charge in [-0.15, -0.1) is 0 Å². The van der Waals surface area contributed by atoms with Gasteiger partial charge < -0.3 is 14.8 Å². The lowest BCUT2D eigenvalue weighted by atomic mass is 10.1. The van der Waals surface area contributed by atoms with Crippen molar-refractivity contribution in [2.75, 3.05) is 26.3 Å². The zero-order valence-corrected chi connectivity index (χ0v) is 12.8. The first kappa shape index (κ1) is 15.3. The molecule has 1 aliphatic rings. The molecule has 1 fully saturated rings. The number of hydrogen-bond acceptors (Lipinski definition) is 3. The summed E-state index contributed by atoms with van der Waals surface area (Å²) in [6, 6.07) is 6.28. The van der Waals surface area contributed by atoms with Gasteiger partial charge in [0, 0.05) is 13.2 Å². The number of unbranched alkanes of at least 4 members (excludes halogenated alkanes) is 1. The van der Waals surface area contributed by atoms with Gasteiger partial charge in [-0.05, 0) is 57.2 Å². The summed E-state index contributed by atoms with van der Waals surface area (Å²) in [7, 11) is 0. The Morgan fingerprint density at radius 1 is 1.25 bits per heavy atom. The van der Waals surface area contributed by atoms with E-state index in [2.05, 4.69) is 37.4 Å². The van der Waals surface area contributed by atoms with Crippen molar-refractivity contribution in [1.82, 2.24) is 5.32 Å². The summed E-state index contributed by atoms with van der Waals surface area (Å²) in [5.41, 5.74) is 2.45. The van der Waals surface area contributed by atoms with Gasteiger partial charge in [-0.2, -0.15) is 0 Å². The van der Waals surface area contributed by atoms with Gasteiger partial charge in [0.2, 0.25) is 0 Å². The molecule has 1 atom stereocenters. The highest BCUT2D eigenvalue weighted by molar-refractivity contribution is 5.39. The highest BCUT2D eigenvalue weighted by Gasteiger charge is 2.14. The highest BCUT2D eigenvalue weighted by atomic mass is 16.5. The molecule has 0 amide bonds. The molecule has 1 unspecified atom stereocenters. The summed E-state index contributed by atoms with van der Waals surface area (Å²) in [5, 5.41) is 3.47. The summed E-state index contributed by atoms with van der Waals surface area (Å²) in [5.74, 6) is 1.06. The third-order valence-corrected chi connectivity index (χ3v) is 3.80. The maximum absolute atomic E-state index is 5.90. The zero-order valence-electron chi connectivity index (χ0n) is 12.8. The predicted molar refractivity (Wildman–Crippen MR) is 82.5 cm³/mol. The minimum absolute atomic E-state index is 0.445. The Hall–Kier alpha value is -1.06. The van der Waals surface area contributed by atoms with Crippen LogP contribution in [0.3, 0.4) is 0 Å². The van der Waals surface area contributed by atoms with Crippen molar-refractivity contribution in [3.63, 3.8) is 0 Å². The lowest BCUT2D eigenvalue weighted by Gasteiger charge is -2.12. The van der Waals surface area contributed by atoms with E-state index < -0.39 is 0 Å². The third-order valence-electron chi connectivity index (χ3n) is 3.80. The number of aryl methyl sites for hydroxylation is 2.